The zero-order chi connectivity index (χ0) is 36.1. The molecule has 5 amide bonds. The van der Waals surface area contributed by atoms with E-state index in [4.69, 9.17) is 21.9 Å². The first-order chi connectivity index (χ1) is 21.7. The molecule has 0 aliphatic carbocycles. The maximum absolute atomic E-state index is 13.6. The van der Waals surface area contributed by atoms with E-state index in [1.54, 1.807) is 34.6 Å². The van der Waals surface area contributed by atoms with Crippen molar-refractivity contribution in [2.24, 2.45) is 34.0 Å². The van der Waals surface area contributed by atoms with E-state index in [2.05, 4.69) is 20.9 Å². The highest BCUT2D eigenvalue weighted by Gasteiger charge is 2.33. The summed E-state index contributed by atoms with van der Waals surface area (Å²) >= 11 is 0. The molecule has 0 aliphatic heterocycles. The van der Waals surface area contributed by atoms with Gasteiger partial charge in [-0.05, 0) is 64.0 Å². The number of alkyl carbamates (subject to hydrolysis) is 1. The number of carbonyl (C=O) groups excluding carboxylic acids is 5. The van der Waals surface area contributed by atoms with Crippen LogP contribution in [0.15, 0.2) is 29.3 Å². The van der Waals surface area contributed by atoms with E-state index in [-0.39, 0.29) is 72.0 Å². The summed E-state index contributed by atoms with van der Waals surface area (Å²) in [5.41, 5.74) is 15.5. The number of non-ortho nitro benzene ring substituents is 1. The molecule has 17 nitrogen and oxygen atoms in total. The summed E-state index contributed by atoms with van der Waals surface area (Å²) in [5.74, 6) is -3.50. The number of halogens is 1. The fourth-order valence-electron chi connectivity index (χ4n) is 4.43. The smallest absolute Gasteiger partial charge is 0.408 e. The predicted octanol–water partition coefficient (Wildman–Crippen LogP) is 1.61. The molecule has 0 fully saturated rings. The summed E-state index contributed by atoms with van der Waals surface area (Å²) in [4.78, 5) is 80.6. The molecular weight excluding hydrogens is 694 g/mol. The Morgan fingerprint density at radius 1 is 0.979 bits per heavy atom. The molecule has 3 atom stereocenters. The molecule has 270 valence electrons. The molecule has 9 N–H and O–H groups in total. The Morgan fingerprint density at radius 2 is 1.56 bits per heavy atom. The minimum Gasteiger partial charge on any atom is -0.444 e. The van der Waals surface area contributed by atoms with Crippen LogP contribution >= 0.6 is 17.0 Å². The summed E-state index contributed by atoms with van der Waals surface area (Å²) in [7, 11) is 0. The SMILES string of the molecule is Br.CC(C)C[C@H](NC(=O)[C@@H](NC(=O)OC(C)(C)C)C(C)C)C(=O)NCC(=O)N(c1ccc([N+](=O)[O-])cc1)[C@@H](CCCN=C(N)N)C(N)=O. The van der Waals surface area contributed by atoms with Crippen molar-refractivity contribution in [1.29, 1.82) is 0 Å². The van der Waals surface area contributed by atoms with Crippen molar-refractivity contribution in [1.82, 2.24) is 16.0 Å². The number of hydrogen-bond donors (Lipinski definition) is 6. The zero-order valence-electron chi connectivity index (χ0n) is 28.5. The van der Waals surface area contributed by atoms with Crippen molar-refractivity contribution in [3.05, 3.63) is 34.4 Å². The molecular formula is C30H50BrN9O8. The first-order valence-corrected chi connectivity index (χ1v) is 15.2. The Bertz CT molecular complexity index is 1300. The lowest BCUT2D eigenvalue weighted by atomic mass is 10.00. The minimum atomic E-state index is -1.22. The summed E-state index contributed by atoms with van der Waals surface area (Å²) < 4.78 is 5.27. The number of guanidine groups is 1. The van der Waals surface area contributed by atoms with Crippen LogP contribution in [0.2, 0.25) is 0 Å². The number of benzene rings is 1. The zero-order valence-corrected chi connectivity index (χ0v) is 30.2. The van der Waals surface area contributed by atoms with E-state index in [9.17, 15) is 34.1 Å². The first kappa shape index (κ1) is 43.5. The van der Waals surface area contributed by atoms with Gasteiger partial charge >= 0.3 is 6.09 Å². The van der Waals surface area contributed by atoms with E-state index < -0.39 is 64.9 Å². The summed E-state index contributed by atoms with van der Waals surface area (Å²) in [5, 5.41) is 18.9. The van der Waals surface area contributed by atoms with Crippen molar-refractivity contribution in [3.63, 3.8) is 0 Å². The van der Waals surface area contributed by atoms with Crippen LogP contribution in [0.5, 0.6) is 0 Å². The van der Waals surface area contributed by atoms with Crippen LogP contribution in [0.3, 0.4) is 0 Å². The van der Waals surface area contributed by atoms with Crippen LogP contribution < -0.4 is 38.1 Å². The maximum Gasteiger partial charge on any atom is 0.408 e. The van der Waals surface area contributed by atoms with Gasteiger partial charge in [0, 0.05) is 24.4 Å². The number of nitrogens with one attached hydrogen (secondary N) is 3. The largest absolute Gasteiger partial charge is 0.444 e. The van der Waals surface area contributed by atoms with E-state index in [1.165, 1.54) is 12.1 Å². The van der Waals surface area contributed by atoms with E-state index in [0.717, 1.165) is 17.0 Å². The van der Waals surface area contributed by atoms with Gasteiger partial charge in [0.1, 0.15) is 23.7 Å². The predicted molar refractivity (Wildman–Crippen MR) is 186 cm³/mol. The van der Waals surface area contributed by atoms with Gasteiger partial charge in [-0.3, -0.25) is 39.2 Å². The number of hydrogen-bond acceptors (Lipinski definition) is 9. The number of ether oxygens (including phenoxy) is 1. The lowest BCUT2D eigenvalue weighted by Crippen LogP contribution is -2.57. The van der Waals surface area contributed by atoms with Gasteiger partial charge in [-0.1, -0.05) is 27.7 Å². The normalized spacial score (nSPS) is 12.9. The van der Waals surface area contributed by atoms with Gasteiger partial charge < -0.3 is 37.9 Å². The number of nitrogens with zero attached hydrogens (tertiary/aromatic N) is 3. The monoisotopic (exact) mass is 743 g/mol. The molecule has 0 heterocycles. The van der Waals surface area contributed by atoms with Crippen molar-refractivity contribution in [3.8, 4) is 0 Å². The minimum absolute atomic E-state index is 0. The molecule has 0 unspecified atom stereocenters. The van der Waals surface area contributed by atoms with Crippen LogP contribution in [0, 0.1) is 22.0 Å². The Balaban J connectivity index is 0.0000221. The number of primary amides is 1. The highest BCUT2D eigenvalue weighted by atomic mass is 79.9. The van der Waals surface area contributed by atoms with Crippen LogP contribution in [-0.2, 0) is 23.9 Å². The van der Waals surface area contributed by atoms with Gasteiger partial charge in [0.25, 0.3) is 5.69 Å². The average Bonchev–Trinajstić information content (AvgIpc) is 2.94. The lowest BCUT2D eigenvalue weighted by molar-refractivity contribution is -0.384. The first-order valence-electron chi connectivity index (χ1n) is 15.2. The second-order valence-electron chi connectivity index (χ2n) is 12.7. The van der Waals surface area contributed by atoms with Gasteiger partial charge in [0.15, 0.2) is 5.96 Å². The van der Waals surface area contributed by atoms with Crippen molar-refractivity contribution in [2.75, 3.05) is 18.0 Å². The topological polar surface area (TPSA) is 267 Å². The summed E-state index contributed by atoms with van der Waals surface area (Å²) in [6.07, 6.45) is -0.304. The fraction of sp³-hybridized carbons (Fsp3) is 0.600. The Morgan fingerprint density at radius 3 is 2.02 bits per heavy atom. The van der Waals surface area contributed by atoms with Crippen molar-refractivity contribution in [2.45, 2.75) is 91.5 Å². The second-order valence-corrected chi connectivity index (χ2v) is 12.7. The highest BCUT2D eigenvalue weighted by Crippen LogP contribution is 2.23. The Kier molecular flexibility index (Phi) is 18.1. The number of rotatable bonds is 17. The quantitative estimate of drug-likeness (QED) is 0.0441. The number of nitro benzene ring substituents is 1. The van der Waals surface area contributed by atoms with Gasteiger partial charge in [-0.25, -0.2) is 4.79 Å². The molecule has 0 aromatic heterocycles. The molecule has 0 saturated heterocycles. The summed E-state index contributed by atoms with van der Waals surface area (Å²) in [6.45, 7) is 11.7. The van der Waals surface area contributed by atoms with Crippen LogP contribution in [0.25, 0.3) is 0 Å². The van der Waals surface area contributed by atoms with Crippen molar-refractivity contribution < 1.29 is 33.6 Å². The third-order valence-corrected chi connectivity index (χ3v) is 6.55. The maximum atomic E-state index is 13.6. The number of anilines is 1. The Hall–Kier alpha value is -4.48. The molecule has 0 bridgehead atoms. The molecule has 0 aliphatic rings. The number of nitro groups is 1. The molecule has 48 heavy (non-hydrogen) atoms. The fourth-order valence-corrected chi connectivity index (χ4v) is 4.43. The van der Waals surface area contributed by atoms with Gasteiger partial charge in [-0.15, -0.1) is 17.0 Å². The van der Waals surface area contributed by atoms with E-state index >= 15 is 0 Å². The molecule has 0 saturated carbocycles. The van der Waals surface area contributed by atoms with Gasteiger partial charge in [0.05, 0.1) is 11.5 Å². The second kappa shape index (κ2) is 20.0. The number of carbonyl (C=O) groups is 5. The molecule has 0 radical (unpaired) electrons. The van der Waals surface area contributed by atoms with E-state index in [1.807, 2.05) is 13.8 Å². The van der Waals surface area contributed by atoms with Gasteiger partial charge in [0.2, 0.25) is 23.6 Å². The van der Waals surface area contributed by atoms with Crippen LogP contribution in [0.1, 0.15) is 67.7 Å². The molecule has 1 rings (SSSR count). The van der Waals surface area contributed by atoms with Gasteiger partial charge in [-0.2, -0.15) is 0 Å². The Labute approximate surface area is 291 Å². The number of nitrogens with two attached hydrogens (primary N) is 3. The third kappa shape index (κ3) is 15.4. The van der Waals surface area contributed by atoms with Crippen molar-refractivity contribution >= 4 is 64.0 Å². The molecule has 18 heteroatoms. The standard InChI is InChI=1S/C30H49N9O8.BrH/c1-17(2)15-21(36-27(43)24(18(3)4)37-29(44)47-30(5,6)7)26(42)35-16-23(40)38(19-10-12-20(13-11-19)39(45)46)22(25(31)41)9-8-14-34-28(32)33;/h10-13,17-18,21-22,24H,8-9,14-16H2,1-7H3,(H2,31,41)(H,35,42)(H,36,43)(H,37,44)(H4,32,33,34);1H/t21-,22-,24-;/m0./s1. The van der Waals surface area contributed by atoms with Crippen LogP contribution in [-0.4, -0.2) is 77.4 Å². The number of aliphatic imine (C=N–C) groups is 1. The molecule has 1 aromatic rings. The lowest BCUT2D eigenvalue weighted by Gasteiger charge is -2.30. The molecule has 0 spiro atoms. The molecule has 1 aromatic carbocycles. The third-order valence-electron chi connectivity index (χ3n) is 6.55. The average molecular weight is 745 g/mol. The highest BCUT2D eigenvalue weighted by molar-refractivity contribution is 8.93. The summed E-state index contributed by atoms with van der Waals surface area (Å²) in [6, 6.07) is 1.57. The van der Waals surface area contributed by atoms with E-state index in [0.29, 0.717) is 0 Å². The number of amides is 5. The van der Waals surface area contributed by atoms with Crippen LogP contribution in [0.4, 0.5) is 16.2 Å².